The zero-order valence-corrected chi connectivity index (χ0v) is 16.0. The van der Waals surface area contributed by atoms with E-state index in [-0.39, 0.29) is 49.8 Å². The van der Waals surface area contributed by atoms with Crippen molar-refractivity contribution < 1.29 is 27.4 Å². The zero-order chi connectivity index (χ0) is 21.0. The summed E-state index contributed by atoms with van der Waals surface area (Å²) in [5, 5.41) is 2.81. The van der Waals surface area contributed by atoms with Gasteiger partial charge in [-0.2, -0.15) is 9.37 Å². The van der Waals surface area contributed by atoms with Gasteiger partial charge in [-0.15, -0.1) is 0 Å². The standard InChI is InChI=1S/C19H21F3N4O3/c1-28-13-5-3-12(4-6-13)11-23-14-15(17(27)29-2)24-18(25-16(14)20)26-9-7-19(21,22)8-10-26/h3-6,23H,7-11H2,1-2H3. The Balaban J connectivity index is 1.83. The number of halogens is 3. The molecule has 2 heterocycles. The second-order valence-electron chi connectivity index (χ2n) is 6.57. The third kappa shape index (κ3) is 4.87. The number of hydrogen-bond acceptors (Lipinski definition) is 7. The Morgan fingerprint density at radius 1 is 1.17 bits per heavy atom. The summed E-state index contributed by atoms with van der Waals surface area (Å²) >= 11 is 0. The first-order valence-electron chi connectivity index (χ1n) is 8.98. The van der Waals surface area contributed by atoms with Gasteiger partial charge in [0.2, 0.25) is 11.9 Å². The van der Waals surface area contributed by atoms with E-state index >= 15 is 0 Å². The van der Waals surface area contributed by atoms with Gasteiger partial charge in [-0.3, -0.25) is 0 Å². The SMILES string of the molecule is COC(=O)c1nc(N2CCC(F)(F)CC2)nc(F)c1NCc1ccc(OC)cc1. The van der Waals surface area contributed by atoms with Gasteiger partial charge < -0.3 is 19.7 Å². The molecule has 7 nitrogen and oxygen atoms in total. The Kier molecular flexibility index (Phi) is 6.09. The lowest BCUT2D eigenvalue weighted by molar-refractivity contribution is -0.0223. The van der Waals surface area contributed by atoms with Crippen LogP contribution in [0.15, 0.2) is 24.3 Å². The molecule has 1 aromatic heterocycles. The van der Waals surface area contributed by atoms with Gasteiger partial charge >= 0.3 is 5.97 Å². The molecule has 0 atom stereocenters. The summed E-state index contributed by atoms with van der Waals surface area (Å²) in [4.78, 5) is 21.4. The van der Waals surface area contributed by atoms with Gasteiger partial charge in [0, 0.05) is 32.5 Å². The number of methoxy groups -OCH3 is 2. The molecular formula is C19H21F3N4O3. The van der Waals surface area contributed by atoms with E-state index in [1.165, 1.54) is 4.90 Å². The number of ether oxygens (including phenoxy) is 2. The quantitative estimate of drug-likeness (QED) is 0.579. The fraction of sp³-hybridized carbons (Fsp3) is 0.421. The lowest BCUT2D eigenvalue weighted by Gasteiger charge is -2.31. The lowest BCUT2D eigenvalue weighted by atomic mass is 10.1. The van der Waals surface area contributed by atoms with E-state index in [0.717, 1.165) is 12.7 Å². The number of nitrogens with zero attached hydrogens (tertiary/aromatic N) is 3. The summed E-state index contributed by atoms with van der Waals surface area (Å²) in [7, 11) is 2.70. The highest BCUT2D eigenvalue weighted by molar-refractivity contribution is 5.93. The molecule has 1 aliphatic rings. The fourth-order valence-electron chi connectivity index (χ4n) is 2.93. The fourth-order valence-corrected chi connectivity index (χ4v) is 2.93. The largest absolute Gasteiger partial charge is 0.497 e. The molecule has 3 rings (SSSR count). The Labute approximate surface area is 165 Å². The predicted octanol–water partition coefficient (Wildman–Crippen LogP) is 3.26. The van der Waals surface area contributed by atoms with Crippen molar-refractivity contribution in [2.24, 2.45) is 0 Å². The van der Waals surface area contributed by atoms with Crippen LogP contribution in [0.3, 0.4) is 0 Å². The highest BCUT2D eigenvalue weighted by Crippen LogP contribution is 2.30. The van der Waals surface area contributed by atoms with Crippen LogP contribution in [0.4, 0.5) is 24.8 Å². The van der Waals surface area contributed by atoms with Crippen LogP contribution in [0.5, 0.6) is 5.75 Å². The number of esters is 1. The molecule has 0 bridgehead atoms. The number of benzene rings is 1. The van der Waals surface area contributed by atoms with Crippen molar-refractivity contribution in [1.29, 1.82) is 0 Å². The number of carbonyl (C=O) groups is 1. The van der Waals surface area contributed by atoms with E-state index in [2.05, 4.69) is 15.3 Å². The highest BCUT2D eigenvalue weighted by Gasteiger charge is 2.35. The van der Waals surface area contributed by atoms with Crippen molar-refractivity contribution in [3.63, 3.8) is 0 Å². The number of rotatable bonds is 6. The molecule has 0 radical (unpaired) electrons. The third-order valence-electron chi connectivity index (χ3n) is 4.64. The number of nitrogens with one attached hydrogen (secondary N) is 1. The Hall–Kier alpha value is -3.04. The molecule has 0 aliphatic carbocycles. The van der Waals surface area contributed by atoms with Crippen LogP contribution in [-0.4, -0.2) is 49.2 Å². The molecule has 0 amide bonds. The summed E-state index contributed by atoms with van der Waals surface area (Å²) in [6.07, 6.45) is -0.772. The average molecular weight is 410 g/mol. The minimum Gasteiger partial charge on any atom is -0.497 e. The number of alkyl halides is 2. The smallest absolute Gasteiger partial charge is 0.359 e. The van der Waals surface area contributed by atoms with Crippen LogP contribution in [0, 0.1) is 5.95 Å². The predicted molar refractivity (Wildman–Crippen MR) is 100 cm³/mol. The van der Waals surface area contributed by atoms with Crippen LogP contribution in [0.1, 0.15) is 28.9 Å². The van der Waals surface area contributed by atoms with Crippen LogP contribution in [0.25, 0.3) is 0 Å². The van der Waals surface area contributed by atoms with E-state index in [4.69, 9.17) is 9.47 Å². The van der Waals surface area contributed by atoms with Crippen molar-refractivity contribution in [3.05, 3.63) is 41.5 Å². The second-order valence-corrected chi connectivity index (χ2v) is 6.57. The first-order chi connectivity index (χ1) is 13.8. The molecular weight excluding hydrogens is 389 g/mol. The van der Waals surface area contributed by atoms with Crippen LogP contribution in [-0.2, 0) is 11.3 Å². The number of hydrogen-bond donors (Lipinski definition) is 1. The molecule has 0 saturated carbocycles. The van der Waals surface area contributed by atoms with Crippen LogP contribution < -0.4 is 15.0 Å². The molecule has 1 fully saturated rings. The summed E-state index contributed by atoms with van der Waals surface area (Å²) in [5.41, 5.74) is 0.308. The number of aromatic nitrogens is 2. The third-order valence-corrected chi connectivity index (χ3v) is 4.64. The van der Waals surface area contributed by atoms with Gasteiger partial charge in [0.15, 0.2) is 5.69 Å². The molecule has 1 saturated heterocycles. The minimum absolute atomic E-state index is 0.0360. The summed E-state index contributed by atoms with van der Waals surface area (Å²) in [6.45, 7) is 0.126. The van der Waals surface area contributed by atoms with Crippen molar-refractivity contribution in [2.75, 3.05) is 37.5 Å². The number of piperidine rings is 1. The van der Waals surface area contributed by atoms with Crippen molar-refractivity contribution in [1.82, 2.24) is 9.97 Å². The van der Waals surface area contributed by atoms with E-state index < -0.39 is 17.8 Å². The first-order valence-corrected chi connectivity index (χ1v) is 8.98. The topological polar surface area (TPSA) is 76.6 Å². The summed E-state index contributed by atoms with van der Waals surface area (Å²) in [6, 6.07) is 7.07. The van der Waals surface area contributed by atoms with Crippen LogP contribution in [0.2, 0.25) is 0 Å². The van der Waals surface area contributed by atoms with Crippen molar-refractivity contribution in [2.45, 2.75) is 25.3 Å². The molecule has 1 aliphatic heterocycles. The molecule has 10 heteroatoms. The summed E-state index contributed by atoms with van der Waals surface area (Å²) in [5.74, 6) is -4.02. The van der Waals surface area contributed by atoms with Crippen LogP contribution >= 0.6 is 0 Å². The average Bonchev–Trinajstić information content (AvgIpc) is 2.72. The molecule has 0 spiro atoms. The Morgan fingerprint density at radius 3 is 2.41 bits per heavy atom. The maximum absolute atomic E-state index is 14.7. The normalized spacial score (nSPS) is 15.7. The molecule has 29 heavy (non-hydrogen) atoms. The molecule has 156 valence electrons. The molecule has 1 aromatic carbocycles. The maximum Gasteiger partial charge on any atom is 0.359 e. The zero-order valence-electron chi connectivity index (χ0n) is 16.0. The van der Waals surface area contributed by atoms with Gasteiger partial charge in [-0.25, -0.2) is 18.6 Å². The van der Waals surface area contributed by atoms with E-state index in [0.29, 0.717) is 5.75 Å². The Morgan fingerprint density at radius 2 is 1.83 bits per heavy atom. The molecule has 1 N–H and O–H groups in total. The minimum atomic E-state index is -2.76. The molecule has 2 aromatic rings. The maximum atomic E-state index is 14.7. The monoisotopic (exact) mass is 410 g/mol. The second kappa shape index (κ2) is 8.54. The van der Waals surface area contributed by atoms with E-state index in [1.54, 1.807) is 31.4 Å². The van der Waals surface area contributed by atoms with Crippen molar-refractivity contribution >= 4 is 17.6 Å². The number of carbonyl (C=O) groups excluding carboxylic acids is 1. The molecule has 0 unspecified atom stereocenters. The number of anilines is 2. The van der Waals surface area contributed by atoms with Gasteiger partial charge in [-0.05, 0) is 17.7 Å². The van der Waals surface area contributed by atoms with Crippen molar-refractivity contribution in [3.8, 4) is 5.75 Å². The van der Waals surface area contributed by atoms with Gasteiger partial charge in [0.05, 0.1) is 14.2 Å². The highest BCUT2D eigenvalue weighted by atomic mass is 19.3. The summed E-state index contributed by atoms with van der Waals surface area (Å²) < 4.78 is 51.3. The van der Waals surface area contributed by atoms with Gasteiger partial charge in [0.25, 0.3) is 5.92 Å². The van der Waals surface area contributed by atoms with E-state index in [1.807, 2.05) is 0 Å². The van der Waals surface area contributed by atoms with E-state index in [9.17, 15) is 18.0 Å². The first kappa shape index (κ1) is 20.7. The Bertz CT molecular complexity index is 868. The van der Waals surface area contributed by atoms with Gasteiger partial charge in [-0.1, -0.05) is 12.1 Å². The van der Waals surface area contributed by atoms with Gasteiger partial charge in [0.1, 0.15) is 11.4 Å². The lowest BCUT2D eigenvalue weighted by Crippen LogP contribution is -2.40.